The van der Waals surface area contributed by atoms with Crippen LogP contribution < -0.4 is 14.4 Å². The number of quaternary nitrogens is 1. The molecule has 1 aromatic heterocycles. The molecule has 0 saturated carbocycles. The SMILES string of the molecule is COc1cc2c(cc1OC)[C@H](c1cccc(Cl)c1)[NH+](Cc1cccs1)CC2. The smallest absolute Gasteiger partial charge is 0.161 e. The first-order chi connectivity index (χ1) is 13.2. The number of rotatable bonds is 5. The van der Waals surface area contributed by atoms with E-state index in [-0.39, 0.29) is 6.04 Å². The zero-order valence-corrected chi connectivity index (χ0v) is 17.1. The number of fused-ring (bicyclic) bond motifs is 1. The lowest BCUT2D eigenvalue weighted by Gasteiger charge is -2.35. The Hall–Kier alpha value is -2.01. The number of nitrogens with one attached hydrogen (secondary N) is 1. The summed E-state index contributed by atoms with van der Waals surface area (Å²) in [7, 11) is 3.38. The number of methoxy groups -OCH3 is 2. The molecule has 0 radical (unpaired) electrons. The number of benzene rings is 2. The number of hydrogen-bond acceptors (Lipinski definition) is 3. The Balaban J connectivity index is 1.82. The molecule has 4 rings (SSSR count). The normalized spacial score (nSPS) is 18.8. The Morgan fingerprint density at radius 3 is 2.59 bits per heavy atom. The minimum absolute atomic E-state index is 0.217. The molecule has 1 aliphatic rings. The van der Waals surface area contributed by atoms with Crippen LogP contribution in [-0.2, 0) is 13.0 Å². The molecule has 27 heavy (non-hydrogen) atoms. The number of ether oxygens (including phenoxy) is 2. The fourth-order valence-electron chi connectivity index (χ4n) is 4.01. The molecule has 2 aromatic carbocycles. The zero-order chi connectivity index (χ0) is 18.8. The molecule has 1 N–H and O–H groups in total. The number of thiophene rings is 1. The van der Waals surface area contributed by atoms with E-state index in [1.165, 1.54) is 26.5 Å². The molecule has 5 heteroatoms. The highest BCUT2D eigenvalue weighted by Gasteiger charge is 2.34. The summed E-state index contributed by atoms with van der Waals surface area (Å²) in [5, 5.41) is 2.92. The maximum absolute atomic E-state index is 6.34. The van der Waals surface area contributed by atoms with Crippen LogP contribution in [0.1, 0.15) is 27.6 Å². The lowest BCUT2D eigenvalue weighted by atomic mass is 9.87. The topological polar surface area (TPSA) is 22.9 Å². The van der Waals surface area contributed by atoms with E-state index in [1.807, 2.05) is 23.5 Å². The summed E-state index contributed by atoms with van der Waals surface area (Å²) >= 11 is 8.16. The molecule has 3 nitrogen and oxygen atoms in total. The molecule has 2 atom stereocenters. The van der Waals surface area contributed by atoms with Gasteiger partial charge in [0.1, 0.15) is 12.6 Å². The van der Waals surface area contributed by atoms with Gasteiger partial charge < -0.3 is 14.4 Å². The van der Waals surface area contributed by atoms with Gasteiger partial charge in [-0.25, -0.2) is 0 Å². The van der Waals surface area contributed by atoms with Crippen molar-refractivity contribution in [2.24, 2.45) is 0 Å². The molecular formula is C22H23ClNO2S+. The third-order valence-electron chi connectivity index (χ3n) is 5.24. The van der Waals surface area contributed by atoms with Crippen molar-refractivity contribution in [3.05, 3.63) is 80.5 Å². The van der Waals surface area contributed by atoms with Crippen molar-refractivity contribution in [3.63, 3.8) is 0 Å². The largest absolute Gasteiger partial charge is 0.493 e. The van der Waals surface area contributed by atoms with Crippen LogP contribution in [0.4, 0.5) is 0 Å². The summed E-state index contributed by atoms with van der Waals surface area (Å²) in [6.07, 6.45) is 1.02. The predicted molar refractivity (Wildman–Crippen MR) is 110 cm³/mol. The van der Waals surface area contributed by atoms with Crippen molar-refractivity contribution in [3.8, 4) is 11.5 Å². The summed E-state index contributed by atoms with van der Waals surface area (Å²) in [4.78, 5) is 2.93. The monoisotopic (exact) mass is 400 g/mol. The average molecular weight is 401 g/mol. The first kappa shape index (κ1) is 18.4. The van der Waals surface area contributed by atoms with Crippen LogP contribution in [0.2, 0.25) is 5.02 Å². The van der Waals surface area contributed by atoms with Gasteiger partial charge in [-0.2, -0.15) is 0 Å². The van der Waals surface area contributed by atoms with Crippen molar-refractivity contribution in [1.82, 2.24) is 0 Å². The Bertz CT molecular complexity index is 926. The van der Waals surface area contributed by atoms with Crippen molar-refractivity contribution >= 4 is 22.9 Å². The van der Waals surface area contributed by atoms with Crippen LogP contribution in [0.15, 0.2) is 53.9 Å². The van der Waals surface area contributed by atoms with Crippen molar-refractivity contribution in [2.45, 2.75) is 19.0 Å². The third kappa shape index (κ3) is 3.70. The van der Waals surface area contributed by atoms with E-state index in [1.54, 1.807) is 14.2 Å². The molecule has 2 heterocycles. The minimum atomic E-state index is 0.217. The van der Waals surface area contributed by atoms with Crippen LogP contribution in [-0.4, -0.2) is 20.8 Å². The van der Waals surface area contributed by atoms with Gasteiger partial charge in [-0.05, 0) is 41.3 Å². The highest BCUT2D eigenvalue weighted by atomic mass is 35.5. The molecule has 0 amide bonds. The van der Waals surface area contributed by atoms with Gasteiger partial charge in [-0.3, -0.25) is 0 Å². The highest BCUT2D eigenvalue weighted by Crippen LogP contribution is 2.36. The van der Waals surface area contributed by atoms with E-state index >= 15 is 0 Å². The van der Waals surface area contributed by atoms with E-state index < -0.39 is 0 Å². The van der Waals surface area contributed by atoms with Gasteiger partial charge in [0, 0.05) is 22.6 Å². The van der Waals surface area contributed by atoms with Gasteiger partial charge in [0.25, 0.3) is 0 Å². The Labute approximate surface area is 169 Å². The number of halogens is 1. The van der Waals surface area contributed by atoms with Crippen LogP contribution in [0.25, 0.3) is 0 Å². The lowest BCUT2D eigenvalue weighted by Crippen LogP contribution is -3.12. The summed E-state index contributed by atoms with van der Waals surface area (Å²) in [6.45, 7) is 2.07. The van der Waals surface area contributed by atoms with E-state index in [0.717, 1.165) is 36.0 Å². The second-order valence-electron chi connectivity index (χ2n) is 6.81. The highest BCUT2D eigenvalue weighted by molar-refractivity contribution is 7.09. The molecule has 140 valence electrons. The molecule has 0 spiro atoms. The fraction of sp³-hybridized carbons (Fsp3) is 0.273. The zero-order valence-electron chi connectivity index (χ0n) is 15.5. The lowest BCUT2D eigenvalue weighted by molar-refractivity contribution is -0.940. The summed E-state index contributed by atoms with van der Waals surface area (Å²) in [5.74, 6) is 1.57. The van der Waals surface area contributed by atoms with Crippen LogP contribution in [0, 0.1) is 0 Å². The number of hydrogen-bond donors (Lipinski definition) is 1. The predicted octanol–water partition coefficient (Wildman–Crippen LogP) is 4.15. The molecular weight excluding hydrogens is 378 g/mol. The standard InChI is InChI=1S/C22H22ClNO2S/c1-25-20-12-15-8-9-24(14-18-7-4-10-27-18)22(19(15)13-21(20)26-2)16-5-3-6-17(23)11-16/h3-7,10-13,22H,8-9,14H2,1-2H3/p+1/t22-/m0/s1. The van der Waals surface area contributed by atoms with Crippen LogP contribution in [0.5, 0.6) is 11.5 Å². The van der Waals surface area contributed by atoms with Gasteiger partial charge >= 0.3 is 0 Å². The Kier molecular flexibility index (Phi) is 5.39. The Morgan fingerprint density at radius 1 is 1.07 bits per heavy atom. The first-order valence-electron chi connectivity index (χ1n) is 9.07. The van der Waals surface area contributed by atoms with E-state index in [0.29, 0.717) is 0 Å². The molecule has 0 fully saturated rings. The fourth-order valence-corrected chi connectivity index (χ4v) is 4.97. The van der Waals surface area contributed by atoms with Gasteiger partial charge in [0.2, 0.25) is 0 Å². The summed E-state index contributed by atoms with van der Waals surface area (Å²) in [6, 6.07) is 17.1. The van der Waals surface area contributed by atoms with Crippen molar-refractivity contribution in [2.75, 3.05) is 20.8 Å². The van der Waals surface area contributed by atoms with Gasteiger partial charge in [-0.1, -0.05) is 29.8 Å². The molecule has 1 aliphatic heterocycles. The molecule has 0 bridgehead atoms. The van der Waals surface area contributed by atoms with Crippen LogP contribution in [0.3, 0.4) is 0 Å². The average Bonchev–Trinajstić information content (AvgIpc) is 3.19. The third-order valence-corrected chi connectivity index (χ3v) is 6.35. The van der Waals surface area contributed by atoms with E-state index in [4.69, 9.17) is 21.1 Å². The molecule has 0 aliphatic carbocycles. The summed E-state index contributed by atoms with van der Waals surface area (Å²) < 4.78 is 11.1. The van der Waals surface area contributed by atoms with Gasteiger partial charge in [0.05, 0.1) is 25.6 Å². The van der Waals surface area contributed by atoms with Crippen molar-refractivity contribution in [1.29, 1.82) is 0 Å². The second-order valence-corrected chi connectivity index (χ2v) is 8.28. The first-order valence-corrected chi connectivity index (χ1v) is 10.3. The van der Waals surface area contributed by atoms with Crippen LogP contribution >= 0.6 is 22.9 Å². The van der Waals surface area contributed by atoms with Crippen molar-refractivity contribution < 1.29 is 14.4 Å². The quantitative estimate of drug-likeness (QED) is 0.695. The molecule has 0 saturated heterocycles. The summed E-state index contributed by atoms with van der Waals surface area (Å²) in [5.41, 5.74) is 3.86. The van der Waals surface area contributed by atoms with Gasteiger partial charge in [0.15, 0.2) is 11.5 Å². The van der Waals surface area contributed by atoms with E-state index in [9.17, 15) is 0 Å². The minimum Gasteiger partial charge on any atom is -0.493 e. The van der Waals surface area contributed by atoms with Gasteiger partial charge in [-0.15, -0.1) is 11.3 Å². The maximum atomic E-state index is 6.34. The Morgan fingerprint density at radius 2 is 1.89 bits per heavy atom. The molecule has 3 aromatic rings. The maximum Gasteiger partial charge on any atom is 0.161 e. The van der Waals surface area contributed by atoms with E-state index in [2.05, 4.69) is 41.8 Å². The second kappa shape index (κ2) is 7.93. The molecule has 1 unspecified atom stereocenters.